The van der Waals surface area contributed by atoms with Crippen LogP contribution in [0.3, 0.4) is 0 Å². The first-order chi connectivity index (χ1) is 7.15. The van der Waals surface area contributed by atoms with Crippen LogP contribution < -0.4 is 5.73 Å². The fourth-order valence-corrected chi connectivity index (χ4v) is 0.956. The van der Waals surface area contributed by atoms with Crippen molar-refractivity contribution in [3.8, 4) is 0 Å². The minimum atomic E-state index is -0.784. The Hall–Kier alpha value is -1.62. The van der Waals surface area contributed by atoms with Gasteiger partial charge in [0.15, 0.2) is 6.79 Å². The Morgan fingerprint density at radius 1 is 1.53 bits per heavy atom. The lowest BCUT2D eigenvalue weighted by Gasteiger charge is -2.05. The lowest BCUT2D eigenvalue weighted by molar-refractivity contribution is -0.0277. The van der Waals surface area contributed by atoms with Gasteiger partial charge in [-0.2, -0.15) is 0 Å². The predicted octanol–water partition coefficient (Wildman–Crippen LogP) is 1.56. The van der Waals surface area contributed by atoms with Crippen molar-refractivity contribution in [2.45, 2.75) is 6.92 Å². The Labute approximate surface area is 86.8 Å². The molecule has 4 nitrogen and oxygen atoms in total. The van der Waals surface area contributed by atoms with E-state index in [0.29, 0.717) is 12.3 Å². The molecule has 0 bridgehead atoms. The van der Waals surface area contributed by atoms with Gasteiger partial charge in [-0.05, 0) is 25.1 Å². The van der Waals surface area contributed by atoms with Crippen molar-refractivity contribution in [1.82, 2.24) is 0 Å². The summed E-state index contributed by atoms with van der Waals surface area (Å²) in [6.07, 6.45) is 0. The predicted molar refractivity (Wildman–Crippen MR) is 52.7 cm³/mol. The number of nitrogens with two attached hydrogens (primary N) is 1. The van der Waals surface area contributed by atoms with Gasteiger partial charge in [0.1, 0.15) is 5.82 Å². The summed E-state index contributed by atoms with van der Waals surface area (Å²) in [6, 6.07) is 3.71. The monoisotopic (exact) mass is 213 g/mol. The highest BCUT2D eigenvalue weighted by Gasteiger charge is 2.13. The van der Waals surface area contributed by atoms with Crippen molar-refractivity contribution < 1.29 is 18.7 Å². The first kappa shape index (κ1) is 11.5. The Bertz CT molecular complexity index is 355. The average molecular weight is 213 g/mol. The molecule has 15 heavy (non-hydrogen) atoms. The van der Waals surface area contributed by atoms with E-state index < -0.39 is 11.8 Å². The molecule has 1 aromatic rings. The summed E-state index contributed by atoms with van der Waals surface area (Å²) in [7, 11) is 0. The average Bonchev–Trinajstić information content (AvgIpc) is 2.22. The Morgan fingerprint density at radius 3 is 2.93 bits per heavy atom. The number of hydrogen-bond donors (Lipinski definition) is 1. The molecule has 82 valence electrons. The number of nitrogen functional groups attached to an aromatic ring is 1. The van der Waals surface area contributed by atoms with Crippen LogP contribution in [0.5, 0.6) is 0 Å². The minimum absolute atomic E-state index is 0.185. The van der Waals surface area contributed by atoms with Gasteiger partial charge < -0.3 is 15.2 Å². The largest absolute Gasteiger partial charge is 0.435 e. The van der Waals surface area contributed by atoms with Crippen LogP contribution in [0.2, 0.25) is 0 Å². The van der Waals surface area contributed by atoms with Crippen LogP contribution in [0.15, 0.2) is 18.2 Å². The maximum atomic E-state index is 13.1. The van der Waals surface area contributed by atoms with E-state index in [-0.39, 0.29) is 12.4 Å². The summed E-state index contributed by atoms with van der Waals surface area (Å²) < 4.78 is 22.6. The van der Waals surface area contributed by atoms with E-state index in [1.54, 1.807) is 6.92 Å². The van der Waals surface area contributed by atoms with Crippen LogP contribution in [0.4, 0.5) is 10.1 Å². The number of halogens is 1. The third kappa shape index (κ3) is 3.21. The molecule has 1 rings (SSSR count). The molecule has 0 aromatic heterocycles. The van der Waals surface area contributed by atoms with E-state index in [1.165, 1.54) is 12.1 Å². The Morgan fingerprint density at radius 2 is 2.27 bits per heavy atom. The highest BCUT2D eigenvalue weighted by Crippen LogP contribution is 2.13. The van der Waals surface area contributed by atoms with Crippen LogP contribution in [0.25, 0.3) is 0 Å². The molecule has 1 aromatic carbocycles. The van der Waals surface area contributed by atoms with Gasteiger partial charge in [-0.25, -0.2) is 9.18 Å². The van der Waals surface area contributed by atoms with Gasteiger partial charge >= 0.3 is 5.97 Å². The fourth-order valence-electron chi connectivity index (χ4n) is 0.956. The zero-order valence-electron chi connectivity index (χ0n) is 8.33. The molecule has 0 radical (unpaired) electrons. The number of anilines is 1. The van der Waals surface area contributed by atoms with Crippen molar-refractivity contribution >= 4 is 11.7 Å². The van der Waals surface area contributed by atoms with Gasteiger partial charge in [-0.1, -0.05) is 0 Å². The summed E-state index contributed by atoms with van der Waals surface area (Å²) in [5.41, 5.74) is 5.53. The number of benzene rings is 1. The molecule has 0 unspecified atom stereocenters. The summed E-state index contributed by atoms with van der Waals surface area (Å²) >= 11 is 0. The van der Waals surface area contributed by atoms with E-state index in [0.717, 1.165) is 6.07 Å². The maximum absolute atomic E-state index is 13.1. The van der Waals surface area contributed by atoms with Gasteiger partial charge in [-0.3, -0.25) is 0 Å². The standard InChI is InChI=1S/C10H12FNO3/c1-2-14-6-15-10(13)8-5-7(12)3-4-9(8)11/h3-5H,2,6,12H2,1H3. The van der Waals surface area contributed by atoms with Crippen LogP contribution >= 0.6 is 0 Å². The zero-order valence-corrected chi connectivity index (χ0v) is 8.33. The van der Waals surface area contributed by atoms with Crippen molar-refractivity contribution in [2.24, 2.45) is 0 Å². The van der Waals surface area contributed by atoms with Crippen molar-refractivity contribution in [2.75, 3.05) is 19.1 Å². The van der Waals surface area contributed by atoms with E-state index >= 15 is 0 Å². The van der Waals surface area contributed by atoms with Crippen molar-refractivity contribution in [1.29, 1.82) is 0 Å². The molecule has 0 saturated carbocycles. The normalized spacial score (nSPS) is 10.0. The summed E-state index contributed by atoms with van der Waals surface area (Å²) in [5.74, 6) is -1.45. The van der Waals surface area contributed by atoms with Crippen LogP contribution in [-0.4, -0.2) is 19.4 Å². The molecular formula is C10H12FNO3. The summed E-state index contributed by atoms with van der Waals surface area (Å²) in [4.78, 5) is 11.3. The molecule has 0 heterocycles. The summed E-state index contributed by atoms with van der Waals surface area (Å²) in [6.45, 7) is 1.99. The van der Waals surface area contributed by atoms with E-state index in [9.17, 15) is 9.18 Å². The maximum Gasteiger partial charge on any atom is 0.343 e. The van der Waals surface area contributed by atoms with Gasteiger partial charge in [0.2, 0.25) is 0 Å². The minimum Gasteiger partial charge on any atom is -0.435 e. The number of esters is 1. The quantitative estimate of drug-likeness (QED) is 0.357. The Kier molecular flexibility index (Phi) is 4.05. The second-order valence-electron chi connectivity index (χ2n) is 2.78. The first-order valence-corrected chi connectivity index (χ1v) is 4.45. The second kappa shape index (κ2) is 5.31. The van der Waals surface area contributed by atoms with E-state index in [1.807, 2.05) is 0 Å². The molecule has 0 saturated heterocycles. The van der Waals surface area contributed by atoms with Gasteiger partial charge in [-0.15, -0.1) is 0 Å². The van der Waals surface area contributed by atoms with Crippen molar-refractivity contribution in [3.63, 3.8) is 0 Å². The third-order valence-electron chi connectivity index (χ3n) is 1.69. The number of rotatable bonds is 4. The number of carbonyl (C=O) groups is 1. The molecule has 0 atom stereocenters. The SMILES string of the molecule is CCOCOC(=O)c1cc(N)ccc1F. The highest BCUT2D eigenvalue weighted by atomic mass is 19.1. The second-order valence-corrected chi connectivity index (χ2v) is 2.78. The van der Waals surface area contributed by atoms with Crippen LogP contribution in [0, 0.1) is 5.82 Å². The molecule has 0 spiro atoms. The van der Waals surface area contributed by atoms with E-state index in [4.69, 9.17) is 10.5 Å². The lowest BCUT2D eigenvalue weighted by atomic mass is 10.2. The van der Waals surface area contributed by atoms with Crippen molar-refractivity contribution in [3.05, 3.63) is 29.6 Å². The molecule has 0 aliphatic carbocycles. The fraction of sp³-hybridized carbons (Fsp3) is 0.300. The molecule has 0 aliphatic rings. The van der Waals surface area contributed by atoms with Crippen LogP contribution in [0.1, 0.15) is 17.3 Å². The molecule has 2 N–H and O–H groups in total. The number of ether oxygens (including phenoxy) is 2. The van der Waals surface area contributed by atoms with Gasteiger partial charge in [0, 0.05) is 12.3 Å². The topological polar surface area (TPSA) is 61.5 Å². The van der Waals surface area contributed by atoms with E-state index in [2.05, 4.69) is 4.74 Å². The molecular weight excluding hydrogens is 201 g/mol. The molecule has 0 fully saturated rings. The first-order valence-electron chi connectivity index (χ1n) is 4.45. The zero-order chi connectivity index (χ0) is 11.3. The number of carbonyl (C=O) groups excluding carboxylic acids is 1. The van der Waals surface area contributed by atoms with Gasteiger partial charge in [0.05, 0.1) is 5.56 Å². The van der Waals surface area contributed by atoms with Gasteiger partial charge in [0.25, 0.3) is 0 Å². The number of hydrogen-bond acceptors (Lipinski definition) is 4. The lowest BCUT2D eigenvalue weighted by Crippen LogP contribution is -2.11. The summed E-state index contributed by atoms with van der Waals surface area (Å²) in [5, 5.41) is 0. The smallest absolute Gasteiger partial charge is 0.343 e. The molecule has 5 heteroatoms. The highest BCUT2D eigenvalue weighted by molar-refractivity contribution is 5.90. The molecule has 0 amide bonds. The van der Waals surface area contributed by atoms with Crippen LogP contribution in [-0.2, 0) is 9.47 Å². The molecule has 0 aliphatic heterocycles. The Balaban J connectivity index is 2.68. The third-order valence-corrected chi connectivity index (χ3v) is 1.69.